The molecule has 2 N–H and O–H groups in total. The van der Waals surface area contributed by atoms with Gasteiger partial charge in [-0.15, -0.1) is 0 Å². The quantitative estimate of drug-likeness (QED) is 0.885. The molecule has 0 spiro atoms. The second-order valence-electron chi connectivity index (χ2n) is 5.18. The third-order valence-electron chi connectivity index (χ3n) is 3.89. The van der Waals surface area contributed by atoms with Gasteiger partial charge in [-0.1, -0.05) is 30.3 Å². The van der Waals surface area contributed by atoms with Crippen LogP contribution in [0.25, 0.3) is 0 Å². The van der Waals surface area contributed by atoms with Crippen molar-refractivity contribution in [1.82, 2.24) is 0 Å². The van der Waals surface area contributed by atoms with Gasteiger partial charge < -0.3 is 15.2 Å². The number of rotatable bonds is 6. The highest BCUT2D eigenvalue weighted by Crippen LogP contribution is 2.31. The van der Waals surface area contributed by atoms with Gasteiger partial charge in [0.05, 0.1) is 14.2 Å². The first-order valence-electron chi connectivity index (χ1n) is 7.16. The first-order valence-corrected chi connectivity index (χ1v) is 7.16. The van der Waals surface area contributed by atoms with E-state index in [-0.39, 0.29) is 5.92 Å². The predicted molar refractivity (Wildman–Crippen MR) is 86.2 cm³/mol. The lowest BCUT2D eigenvalue weighted by molar-refractivity contribution is 0.354. The van der Waals surface area contributed by atoms with Crippen LogP contribution in [0.2, 0.25) is 0 Å². The second kappa shape index (κ2) is 7.14. The Balaban J connectivity index is 2.27. The molecule has 21 heavy (non-hydrogen) atoms. The highest BCUT2D eigenvalue weighted by molar-refractivity contribution is 5.44. The summed E-state index contributed by atoms with van der Waals surface area (Å²) in [5.74, 6) is 1.76. The maximum absolute atomic E-state index is 5.99. The average Bonchev–Trinajstić information content (AvgIpc) is 2.53. The van der Waals surface area contributed by atoms with Crippen molar-refractivity contribution in [2.24, 2.45) is 5.73 Å². The van der Waals surface area contributed by atoms with Crippen LogP contribution < -0.4 is 15.2 Å². The van der Waals surface area contributed by atoms with Gasteiger partial charge in [-0.3, -0.25) is 0 Å². The number of benzene rings is 2. The van der Waals surface area contributed by atoms with E-state index in [1.165, 1.54) is 16.7 Å². The fourth-order valence-electron chi connectivity index (χ4n) is 2.55. The molecular formula is C18H23NO2. The molecule has 2 aromatic rings. The Morgan fingerprint density at radius 3 is 2.33 bits per heavy atom. The molecule has 0 fully saturated rings. The number of hydrogen-bond acceptors (Lipinski definition) is 3. The minimum absolute atomic E-state index is 0.269. The van der Waals surface area contributed by atoms with Gasteiger partial charge in [0.2, 0.25) is 0 Å². The van der Waals surface area contributed by atoms with E-state index in [1.807, 2.05) is 12.1 Å². The van der Waals surface area contributed by atoms with Crippen LogP contribution in [0.1, 0.15) is 22.6 Å². The molecule has 2 aromatic carbocycles. The van der Waals surface area contributed by atoms with E-state index in [0.717, 1.165) is 17.9 Å². The minimum Gasteiger partial charge on any atom is -0.493 e. The highest BCUT2D eigenvalue weighted by atomic mass is 16.5. The third kappa shape index (κ3) is 3.56. The SMILES string of the molecule is COc1ccc(C(CN)Cc2ccccc2C)cc1OC. The van der Waals surface area contributed by atoms with Crippen molar-refractivity contribution < 1.29 is 9.47 Å². The molecule has 0 amide bonds. The lowest BCUT2D eigenvalue weighted by atomic mass is 9.90. The van der Waals surface area contributed by atoms with Crippen LogP contribution in [0, 0.1) is 6.92 Å². The summed E-state index contributed by atoms with van der Waals surface area (Å²) < 4.78 is 10.7. The monoisotopic (exact) mass is 285 g/mol. The number of nitrogens with two attached hydrogens (primary N) is 1. The van der Waals surface area contributed by atoms with Crippen molar-refractivity contribution in [2.75, 3.05) is 20.8 Å². The van der Waals surface area contributed by atoms with Crippen molar-refractivity contribution in [3.05, 3.63) is 59.2 Å². The summed E-state index contributed by atoms with van der Waals surface area (Å²) in [6, 6.07) is 14.5. The summed E-state index contributed by atoms with van der Waals surface area (Å²) >= 11 is 0. The smallest absolute Gasteiger partial charge is 0.160 e. The Morgan fingerprint density at radius 2 is 1.71 bits per heavy atom. The molecular weight excluding hydrogens is 262 g/mol. The summed E-state index contributed by atoms with van der Waals surface area (Å²) in [6.45, 7) is 2.74. The standard InChI is InChI=1S/C18H23NO2/c1-13-6-4-5-7-14(13)10-16(12-19)15-8-9-17(20-2)18(11-15)21-3/h4-9,11,16H,10,12,19H2,1-3H3. The highest BCUT2D eigenvalue weighted by Gasteiger charge is 2.14. The van der Waals surface area contributed by atoms with Crippen molar-refractivity contribution >= 4 is 0 Å². The lowest BCUT2D eigenvalue weighted by Crippen LogP contribution is -2.15. The van der Waals surface area contributed by atoms with E-state index in [2.05, 4.69) is 37.3 Å². The largest absolute Gasteiger partial charge is 0.493 e. The van der Waals surface area contributed by atoms with E-state index in [9.17, 15) is 0 Å². The Kier molecular flexibility index (Phi) is 5.23. The normalized spacial score (nSPS) is 12.0. The molecule has 0 saturated carbocycles. The van der Waals surface area contributed by atoms with Crippen LogP contribution in [0.4, 0.5) is 0 Å². The first-order chi connectivity index (χ1) is 10.2. The molecule has 0 heterocycles. The molecule has 0 aliphatic heterocycles. The van der Waals surface area contributed by atoms with Gasteiger partial charge in [-0.05, 0) is 48.7 Å². The molecule has 0 aliphatic rings. The van der Waals surface area contributed by atoms with Crippen LogP contribution in [-0.2, 0) is 6.42 Å². The Morgan fingerprint density at radius 1 is 1.00 bits per heavy atom. The fraction of sp³-hybridized carbons (Fsp3) is 0.333. The van der Waals surface area contributed by atoms with Crippen LogP contribution in [-0.4, -0.2) is 20.8 Å². The van der Waals surface area contributed by atoms with Gasteiger partial charge in [-0.2, -0.15) is 0 Å². The molecule has 112 valence electrons. The van der Waals surface area contributed by atoms with E-state index in [0.29, 0.717) is 6.54 Å². The maximum Gasteiger partial charge on any atom is 0.160 e. The summed E-state index contributed by atoms with van der Waals surface area (Å²) in [7, 11) is 3.30. The summed E-state index contributed by atoms with van der Waals surface area (Å²) in [4.78, 5) is 0. The van der Waals surface area contributed by atoms with Gasteiger partial charge >= 0.3 is 0 Å². The predicted octanol–water partition coefficient (Wildman–Crippen LogP) is 3.30. The number of ether oxygens (including phenoxy) is 2. The van der Waals surface area contributed by atoms with Gasteiger partial charge in [0.1, 0.15) is 0 Å². The topological polar surface area (TPSA) is 44.5 Å². The zero-order chi connectivity index (χ0) is 15.2. The molecule has 0 aliphatic carbocycles. The van der Waals surface area contributed by atoms with Crippen LogP contribution in [0.15, 0.2) is 42.5 Å². The van der Waals surface area contributed by atoms with Gasteiger partial charge in [-0.25, -0.2) is 0 Å². The molecule has 0 bridgehead atoms. The number of hydrogen-bond donors (Lipinski definition) is 1. The molecule has 3 heteroatoms. The Bertz CT molecular complexity index is 596. The first kappa shape index (κ1) is 15.4. The number of methoxy groups -OCH3 is 2. The van der Waals surface area contributed by atoms with Gasteiger partial charge in [0.25, 0.3) is 0 Å². The summed E-state index contributed by atoms with van der Waals surface area (Å²) in [5, 5.41) is 0. The average molecular weight is 285 g/mol. The Labute approximate surface area is 126 Å². The van der Waals surface area contributed by atoms with E-state index >= 15 is 0 Å². The van der Waals surface area contributed by atoms with Crippen LogP contribution in [0.3, 0.4) is 0 Å². The molecule has 0 saturated heterocycles. The zero-order valence-corrected chi connectivity index (χ0v) is 12.9. The van der Waals surface area contributed by atoms with E-state index in [1.54, 1.807) is 14.2 Å². The fourth-order valence-corrected chi connectivity index (χ4v) is 2.55. The molecule has 0 radical (unpaired) electrons. The second-order valence-corrected chi connectivity index (χ2v) is 5.18. The van der Waals surface area contributed by atoms with Crippen LogP contribution in [0.5, 0.6) is 11.5 Å². The Hall–Kier alpha value is -2.00. The lowest BCUT2D eigenvalue weighted by Gasteiger charge is -2.18. The van der Waals surface area contributed by atoms with E-state index in [4.69, 9.17) is 15.2 Å². The summed E-state index contributed by atoms with van der Waals surface area (Å²) in [6.07, 6.45) is 0.929. The van der Waals surface area contributed by atoms with E-state index < -0.39 is 0 Å². The summed E-state index contributed by atoms with van der Waals surface area (Å²) in [5.41, 5.74) is 9.81. The van der Waals surface area contributed by atoms with Crippen molar-refractivity contribution in [3.8, 4) is 11.5 Å². The van der Waals surface area contributed by atoms with Crippen molar-refractivity contribution in [1.29, 1.82) is 0 Å². The van der Waals surface area contributed by atoms with Crippen molar-refractivity contribution in [2.45, 2.75) is 19.3 Å². The molecule has 3 nitrogen and oxygen atoms in total. The third-order valence-corrected chi connectivity index (χ3v) is 3.89. The van der Waals surface area contributed by atoms with Gasteiger partial charge in [0, 0.05) is 5.92 Å². The van der Waals surface area contributed by atoms with Crippen LogP contribution >= 0.6 is 0 Å². The molecule has 1 unspecified atom stereocenters. The van der Waals surface area contributed by atoms with Gasteiger partial charge in [0.15, 0.2) is 11.5 Å². The van der Waals surface area contributed by atoms with Crippen molar-refractivity contribution in [3.63, 3.8) is 0 Å². The maximum atomic E-state index is 5.99. The molecule has 2 rings (SSSR count). The minimum atomic E-state index is 0.269. The zero-order valence-electron chi connectivity index (χ0n) is 12.9. The molecule has 0 aromatic heterocycles. The number of aryl methyl sites for hydroxylation is 1. The molecule has 1 atom stereocenters.